The molecule has 38 heavy (non-hydrogen) atoms. The second kappa shape index (κ2) is 17.7. The van der Waals surface area contributed by atoms with Crippen LogP contribution in [0.1, 0.15) is 90.9 Å². The van der Waals surface area contributed by atoms with Crippen molar-refractivity contribution in [2.45, 2.75) is 90.9 Å². The minimum absolute atomic E-state index is 0.0316. The van der Waals surface area contributed by atoms with Crippen LogP contribution in [0.2, 0.25) is 0 Å². The van der Waals surface area contributed by atoms with Crippen LogP contribution >= 0.6 is 0 Å². The summed E-state index contributed by atoms with van der Waals surface area (Å²) in [6.45, 7) is 3.91. The number of anilines is 4. The number of amides is 4. The van der Waals surface area contributed by atoms with Crippen molar-refractivity contribution in [1.29, 1.82) is 0 Å². The number of carbonyl (C=O) groups is 4. The Bertz CT molecular complexity index is 971. The first-order valence-electron chi connectivity index (χ1n) is 13.8. The highest BCUT2D eigenvalue weighted by atomic mass is 16.2. The lowest BCUT2D eigenvalue weighted by Crippen LogP contribution is -2.13. The third-order valence-electron chi connectivity index (χ3n) is 5.87. The van der Waals surface area contributed by atoms with Gasteiger partial charge in [0.05, 0.1) is 0 Å². The van der Waals surface area contributed by atoms with Crippen molar-refractivity contribution in [2.24, 2.45) is 0 Å². The summed E-state index contributed by atoms with van der Waals surface area (Å²) in [6, 6.07) is 14.4. The summed E-state index contributed by atoms with van der Waals surface area (Å²) in [5.74, 6) is -0.132. The van der Waals surface area contributed by atoms with Crippen molar-refractivity contribution >= 4 is 46.4 Å². The van der Waals surface area contributed by atoms with Crippen LogP contribution in [-0.2, 0) is 19.2 Å². The number of hydrogen-bond donors (Lipinski definition) is 4. The molecule has 0 heterocycles. The van der Waals surface area contributed by atoms with E-state index in [0.29, 0.717) is 48.4 Å². The molecule has 2 rings (SSSR count). The SMILES string of the molecule is CCCC(=O)Nc1cccc(NC(=O)CCCCCCCCC(=O)Nc2cccc(NC(=O)CCC)c2)c1. The maximum absolute atomic E-state index is 12.2. The van der Waals surface area contributed by atoms with Crippen molar-refractivity contribution in [1.82, 2.24) is 0 Å². The highest BCUT2D eigenvalue weighted by Crippen LogP contribution is 2.18. The molecule has 0 atom stereocenters. The molecule has 0 spiro atoms. The molecule has 0 fully saturated rings. The maximum Gasteiger partial charge on any atom is 0.224 e. The maximum atomic E-state index is 12.2. The van der Waals surface area contributed by atoms with Crippen LogP contribution in [-0.4, -0.2) is 23.6 Å². The van der Waals surface area contributed by atoms with Crippen LogP contribution in [0, 0.1) is 0 Å². The molecule has 0 radical (unpaired) electrons. The highest BCUT2D eigenvalue weighted by Gasteiger charge is 2.07. The number of benzene rings is 2. The summed E-state index contributed by atoms with van der Waals surface area (Å²) in [5.41, 5.74) is 2.71. The molecule has 0 aromatic heterocycles. The summed E-state index contributed by atoms with van der Waals surface area (Å²) >= 11 is 0. The van der Waals surface area contributed by atoms with E-state index in [-0.39, 0.29) is 23.6 Å². The fraction of sp³-hybridized carbons (Fsp3) is 0.467. The van der Waals surface area contributed by atoms with E-state index in [9.17, 15) is 19.2 Å². The molecule has 0 aliphatic carbocycles. The van der Waals surface area contributed by atoms with E-state index < -0.39 is 0 Å². The van der Waals surface area contributed by atoms with Gasteiger partial charge in [-0.2, -0.15) is 0 Å². The average molecular weight is 523 g/mol. The van der Waals surface area contributed by atoms with Crippen molar-refractivity contribution in [2.75, 3.05) is 21.3 Å². The highest BCUT2D eigenvalue weighted by molar-refractivity contribution is 5.95. The number of nitrogens with one attached hydrogen (secondary N) is 4. The Morgan fingerprint density at radius 2 is 0.763 bits per heavy atom. The Balaban J connectivity index is 1.55. The second-order valence-electron chi connectivity index (χ2n) is 9.48. The van der Waals surface area contributed by atoms with E-state index in [1.807, 2.05) is 38.1 Å². The monoisotopic (exact) mass is 522 g/mol. The summed E-state index contributed by atoms with van der Waals surface area (Å²) in [4.78, 5) is 48.0. The summed E-state index contributed by atoms with van der Waals surface area (Å²) in [5, 5.41) is 11.5. The molecule has 8 heteroatoms. The Hall–Kier alpha value is -3.68. The zero-order chi connectivity index (χ0) is 27.6. The van der Waals surface area contributed by atoms with Crippen LogP contribution in [0.3, 0.4) is 0 Å². The zero-order valence-corrected chi connectivity index (χ0v) is 22.7. The topological polar surface area (TPSA) is 116 Å². The van der Waals surface area contributed by atoms with Crippen LogP contribution in [0.5, 0.6) is 0 Å². The van der Waals surface area contributed by atoms with Gasteiger partial charge in [-0.1, -0.05) is 51.7 Å². The Kier molecular flexibility index (Phi) is 14.2. The zero-order valence-electron chi connectivity index (χ0n) is 22.7. The predicted octanol–water partition coefficient (Wildman–Crippen LogP) is 6.86. The van der Waals surface area contributed by atoms with E-state index in [1.54, 1.807) is 24.3 Å². The van der Waals surface area contributed by atoms with Gasteiger partial charge in [0, 0.05) is 48.4 Å². The first-order valence-corrected chi connectivity index (χ1v) is 13.8. The van der Waals surface area contributed by atoms with Crippen LogP contribution in [0.15, 0.2) is 48.5 Å². The van der Waals surface area contributed by atoms with E-state index in [2.05, 4.69) is 21.3 Å². The molecule has 4 amide bonds. The lowest BCUT2D eigenvalue weighted by molar-refractivity contribution is -0.117. The third-order valence-corrected chi connectivity index (χ3v) is 5.87. The van der Waals surface area contributed by atoms with Gasteiger partial charge in [-0.05, 0) is 62.1 Å². The van der Waals surface area contributed by atoms with Gasteiger partial charge < -0.3 is 21.3 Å². The van der Waals surface area contributed by atoms with E-state index in [1.165, 1.54) is 0 Å². The Morgan fingerprint density at radius 3 is 1.08 bits per heavy atom. The third kappa shape index (κ3) is 13.0. The average Bonchev–Trinajstić information content (AvgIpc) is 2.86. The molecule has 0 unspecified atom stereocenters. The summed E-state index contributed by atoms with van der Waals surface area (Å²) in [6.07, 6.45) is 9.00. The van der Waals surface area contributed by atoms with Crippen molar-refractivity contribution in [3.05, 3.63) is 48.5 Å². The van der Waals surface area contributed by atoms with Crippen molar-refractivity contribution < 1.29 is 19.2 Å². The number of rotatable bonds is 17. The standard InChI is InChI=1S/C30H42N4O4/c1-3-13-27(35)31-23-15-11-17-25(21-23)33-29(37)19-9-7-5-6-8-10-20-30(38)34-26-18-12-16-24(22-26)32-28(36)14-4-2/h11-12,15-18,21-22H,3-10,13-14,19-20H2,1-2H3,(H,31,35)(H,32,36)(H,33,37)(H,34,38). The Morgan fingerprint density at radius 1 is 0.474 bits per heavy atom. The van der Waals surface area contributed by atoms with Gasteiger partial charge in [-0.15, -0.1) is 0 Å². The van der Waals surface area contributed by atoms with Gasteiger partial charge in [0.2, 0.25) is 23.6 Å². The predicted molar refractivity (Wildman–Crippen MR) is 154 cm³/mol. The van der Waals surface area contributed by atoms with Gasteiger partial charge in [0.25, 0.3) is 0 Å². The number of hydrogen-bond acceptors (Lipinski definition) is 4. The van der Waals surface area contributed by atoms with Gasteiger partial charge >= 0.3 is 0 Å². The van der Waals surface area contributed by atoms with Crippen molar-refractivity contribution in [3.63, 3.8) is 0 Å². The van der Waals surface area contributed by atoms with Crippen LogP contribution < -0.4 is 21.3 Å². The molecule has 206 valence electrons. The van der Waals surface area contributed by atoms with E-state index in [4.69, 9.17) is 0 Å². The largest absolute Gasteiger partial charge is 0.326 e. The molecule has 2 aromatic carbocycles. The first kappa shape index (κ1) is 30.5. The van der Waals surface area contributed by atoms with Gasteiger partial charge in [-0.3, -0.25) is 19.2 Å². The number of unbranched alkanes of at least 4 members (excludes halogenated alkanes) is 5. The van der Waals surface area contributed by atoms with E-state index in [0.717, 1.165) is 51.4 Å². The molecule has 0 saturated carbocycles. The smallest absolute Gasteiger partial charge is 0.224 e. The van der Waals surface area contributed by atoms with Gasteiger partial charge in [0.1, 0.15) is 0 Å². The fourth-order valence-corrected chi connectivity index (χ4v) is 3.98. The van der Waals surface area contributed by atoms with Crippen molar-refractivity contribution in [3.8, 4) is 0 Å². The molecular weight excluding hydrogens is 480 g/mol. The van der Waals surface area contributed by atoms with Crippen LogP contribution in [0.4, 0.5) is 22.7 Å². The second-order valence-corrected chi connectivity index (χ2v) is 9.48. The molecule has 0 aliphatic rings. The molecular formula is C30H42N4O4. The molecule has 2 aromatic rings. The molecule has 8 nitrogen and oxygen atoms in total. The van der Waals surface area contributed by atoms with Crippen LogP contribution in [0.25, 0.3) is 0 Å². The minimum Gasteiger partial charge on any atom is -0.326 e. The molecule has 0 bridgehead atoms. The van der Waals surface area contributed by atoms with Gasteiger partial charge in [0.15, 0.2) is 0 Å². The van der Waals surface area contributed by atoms with Gasteiger partial charge in [-0.25, -0.2) is 0 Å². The lowest BCUT2D eigenvalue weighted by atomic mass is 10.1. The minimum atomic E-state index is -0.0345. The molecule has 0 aliphatic heterocycles. The fourth-order valence-electron chi connectivity index (χ4n) is 3.98. The summed E-state index contributed by atoms with van der Waals surface area (Å²) < 4.78 is 0. The Labute approximate surface area is 226 Å². The normalized spacial score (nSPS) is 10.5. The summed E-state index contributed by atoms with van der Waals surface area (Å²) in [7, 11) is 0. The quantitative estimate of drug-likeness (QED) is 0.170. The first-order chi connectivity index (χ1) is 18.4. The molecule has 0 saturated heterocycles. The molecule has 4 N–H and O–H groups in total. The van der Waals surface area contributed by atoms with E-state index >= 15 is 0 Å². The number of carbonyl (C=O) groups excluding carboxylic acids is 4. The lowest BCUT2D eigenvalue weighted by Gasteiger charge is -2.09.